The van der Waals surface area contributed by atoms with E-state index in [0.29, 0.717) is 5.75 Å². The van der Waals surface area contributed by atoms with Crippen LogP contribution in [0, 0.1) is 6.92 Å². The first-order valence-electron chi connectivity index (χ1n) is 6.02. The number of thioether (sulfide) groups is 1. The van der Waals surface area contributed by atoms with Gasteiger partial charge in [-0.25, -0.2) is 5.84 Å². The molecule has 0 saturated carbocycles. The minimum Gasteiger partial charge on any atom is -0.455 e. The number of rotatable bonds is 5. The Labute approximate surface area is 126 Å². The van der Waals surface area contributed by atoms with E-state index in [9.17, 15) is 4.79 Å². The highest BCUT2D eigenvalue weighted by atomic mass is 35.5. The quantitative estimate of drug-likeness (QED) is 0.505. The monoisotopic (exact) mass is 310 g/mol. The molecule has 0 spiro atoms. The minimum absolute atomic E-state index is 0.273. The number of benzene rings is 1. The SMILES string of the molecule is Cc1cc(CSCc2ccc(Cl)cc2)oc1C(=O)NN. The highest BCUT2D eigenvalue weighted by molar-refractivity contribution is 7.97. The van der Waals surface area contributed by atoms with Gasteiger partial charge >= 0.3 is 5.91 Å². The number of aryl methyl sites for hydroxylation is 1. The number of furan rings is 1. The standard InChI is InChI=1S/C14H15ClN2O2S/c1-9-6-12(19-13(9)14(18)17-16)8-20-7-10-2-4-11(15)5-3-10/h2-6H,7-8,16H2,1H3,(H,17,18). The van der Waals surface area contributed by atoms with Crippen LogP contribution in [-0.4, -0.2) is 5.91 Å². The molecular formula is C14H15ClN2O2S. The number of halogens is 1. The Kier molecular flexibility index (Phi) is 5.11. The first-order chi connectivity index (χ1) is 9.60. The predicted octanol–water partition coefficient (Wildman–Crippen LogP) is 3.28. The molecule has 20 heavy (non-hydrogen) atoms. The van der Waals surface area contributed by atoms with Crippen LogP contribution in [0.2, 0.25) is 5.02 Å². The maximum atomic E-state index is 11.4. The summed E-state index contributed by atoms with van der Waals surface area (Å²) in [5.41, 5.74) is 4.05. The molecule has 0 saturated heterocycles. The number of nitrogens with one attached hydrogen (secondary N) is 1. The van der Waals surface area contributed by atoms with Crippen molar-refractivity contribution in [2.75, 3.05) is 0 Å². The van der Waals surface area contributed by atoms with Crippen molar-refractivity contribution >= 4 is 29.3 Å². The summed E-state index contributed by atoms with van der Waals surface area (Å²) in [5, 5.41) is 0.734. The van der Waals surface area contributed by atoms with Gasteiger partial charge in [-0.3, -0.25) is 10.2 Å². The third kappa shape index (κ3) is 3.79. The third-order valence-electron chi connectivity index (χ3n) is 2.73. The third-order valence-corrected chi connectivity index (χ3v) is 4.01. The lowest BCUT2D eigenvalue weighted by Crippen LogP contribution is -2.30. The smallest absolute Gasteiger partial charge is 0.301 e. The number of nitrogen functional groups attached to an aromatic ring is 1. The molecule has 1 aromatic carbocycles. The largest absolute Gasteiger partial charge is 0.455 e. The lowest BCUT2D eigenvalue weighted by atomic mass is 10.2. The molecule has 1 aromatic heterocycles. The van der Waals surface area contributed by atoms with Gasteiger partial charge in [0.05, 0.1) is 5.75 Å². The molecular weight excluding hydrogens is 296 g/mol. The number of amides is 1. The molecule has 0 atom stereocenters. The van der Waals surface area contributed by atoms with Crippen LogP contribution in [0.1, 0.15) is 27.4 Å². The van der Waals surface area contributed by atoms with Crippen LogP contribution in [-0.2, 0) is 11.5 Å². The highest BCUT2D eigenvalue weighted by Gasteiger charge is 2.14. The molecule has 6 heteroatoms. The van der Waals surface area contributed by atoms with E-state index >= 15 is 0 Å². The molecule has 3 N–H and O–H groups in total. The summed E-state index contributed by atoms with van der Waals surface area (Å²) in [4.78, 5) is 11.4. The van der Waals surface area contributed by atoms with Gasteiger partial charge in [0, 0.05) is 16.3 Å². The normalized spacial score (nSPS) is 10.6. The summed E-state index contributed by atoms with van der Waals surface area (Å²) >= 11 is 7.54. The van der Waals surface area contributed by atoms with Crippen LogP contribution in [0.25, 0.3) is 0 Å². The zero-order valence-electron chi connectivity index (χ0n) is 11.0. The molecule has 0 unspecified atom stereocenters. The summed E-state index contributed by atoms with van der Waals surface area (Å²) in [7, 11) is 0. The molecule has 0 bridgehead atoms. The van der Waals surface area contributed by atoms with Gasteiger partial charge in [-0.1, -0.05) is 23.7 Å². The van der Waals surface area contributed by atoms with E-state index < -0.39 is 5.91 Å². The molecule has 4 nitrogen and oxygen atoms in total. The van der Waals surface area contributed by atoms with E-state index in [1.807, 2.05) is 37.3 Å². The van der Waals surface area contributed by atoms with Crippen LogP contribution in [0.4, 0.5) is 0 Å². The van der Waals surface area contributed by atoms with E-state index in [1.54, 1.807) is 11.8 Å². The Morgan fingerprint density at radius 1 is 1.35 bits per heavy atom. The summed E-state index contributed by atoms with van der Waals surface area (Å²) in [6.45, 7) is 1.82. The summed E-state index contributed by atoms with van der Waals surface area (Å²) in [6.07, 6.45) is 0. The molecule has 0 aliphatic rings. The van der Waals surface area contributed by atoms with Crippen molar-refractivity contribution in [1.82, 2.24) is 5.43 Å². The number of carbonyl (C=O) groups is 1. The van der Waals surface area contributed by atoms with Crippen molar-refractivity contribution in [2.45, 2.75) is 18.4 Å². The Morgan fingerprint density at radius 3 is 2.70 bits per heavy atom. The molecule has 0 aliphatic carbocycles. The van der Waals surface area contributed by atoms with E-state index in [0.717, 1.165) is 22.1 Å². The molecule has 2 rings (SSSR count). The van der Waals surface area contributed by atoms with Gasteiger partial charge in [-0.05, 0) is 30.7 Å². The molecule has 1 heterocycles. The van der Waals surface area contributed by atoms with Crippen molar-refractivity contribution in [3.63, 3.8) is 0 Å². The van der Waals surface area contributed by atoms with Crippen LogP contribution in [0.15, 0.2) is 34.7 Å². The van der Waals surface area contributed by atoms with Gasteiger partial charge in [-0.15, -0.1) is 11.8 Å². The van der Waals surface area contributed by atoms with Gasteiger partial charge in [0.2, 0.25) is 0 Å². The second-order valence-corrected chi connectivity index (χ2v) is 5.74. The topological polar surface area (TPSA) is 68.3 Å². The fourth-order valence-electron chi connectivity index (χ4n) is 1.76. The van der Waals surface area contributed by atoms with Gasteiger partial charge in [-0.2, -0.15) is 0 Å². The molecule has 0 fully saturated rings. The Morgan fingerprint density at radius 2 is 2.05 bits per heavy atom. The predicted molar refractivity (Wildman–Crippen MR) is 81.5 cm³/mol. The number of carbonyl (C=O) groups excluding carboxylic acids is 1. The van der Waals surface area contributed by atoms with Crippen molar-refractivity contribution in [3.8, 4) is 0 Å². The van der Waals surface area contributed by atoms with Crippen LogP contribution in [0.5, 0.6) is 0 Å². The van der Waals surface area contributed by atoms with Crippen molar-refractivity contribution in [3.05, 3.63) is 58.0 Å². The summed E-state index contributed by atoms with van der Waals surface area (Å²) < 4.78 is 5.49. The second kappa shape index (κ2) is 6.83. The molecule has 0 radical (unpaired) electrons. The fraction of sp³-hybridized carbons (Fsp3) is 0.214. The minimum atomic E-state index is -0.406. The van der Waals surface area contributed by atoms with E-state index in [2.05, 4.69) is 5.43 Å². The van der Waals surface area contributed by atoms with Crippen molar-refractivity contribution in [1.29, 1.82) is 0 Å². The first kappa shape index (κ1) is 15.0. The fourth-order valence-corrected chi connectivity index (χ4v) is 2.76. The van der Waals surface area contributed by atoms with Crippen molar-refractivity contribution in [2.24, 2.45) is 5.84 Å². The number of nitrogens with two attached hydrogens (primary N) is 1. The van der Waals surface area contributed by atoms with Gasteiger partial charge in [0.1, 0.15) is 5.76 Å². The van der Waals surface area contributed by atoms with Crippen molar-refractivity contribution < 1.29 is 9.21 Å². The number of hydrogen-bond donors (Lipinski definition) is 2. The molecule has 0 aliphatic heterocycles. The van der Waals surface area contributed by atoms with Crippen LogP contribution < -0.4 is 11.3 Å². The Hall–Kier alpha value is -1.43. The van der Waals surface area contributed by atoms with E-state index in [-0.39, 0.29) is 5.76 Å². The lowest BCUT2D eigenvalue weighted by Gasteiger charge is -2.00. The average molecular weight is 311 g/mol. The van der Waals surface area contributed by atoms with Crippen LogP contribution in [0.3, 0.4) is 0 Å². The Balaban J connectivity index is 1.91. The number of hydrazine groups is 1. The lowest BCUT2D eigenvalue weighted by molar-refractivity contribution is 0.0923. The van der Waals surface area contributed by atoms with E-state index in [1.165, 1.54) is 5.56 Å². The summed E-state index contributed by atoms with van der Waals surface area (Å²) in [6, 6.07) is 9.60. The highest BCUT2D eigenvalue weighted by Crippen LogP contribution is 2.22. The van der Waals surface area contributed by atoms with Crippen LogP contribution >= 0.6 is 23.4 Å². The molecule has 2 aromatic rings. The number of hydrogen-bond acceptors (Lipinski definition) is 4. The molecule has 106 valence electrons. The van der Waals surface area contributed by atoms with Gasteiger partial charge in [0.15, 0.2) is 5.76 Å². The van der Waals surface area contributed by atoms with E-state index in [4.69, 9.17) is 21.9 Å². The zero-order valence-corrected chi connectivity index (χ0v) is 12.6. The summed E-state index contributed by atoms with van der Waals surface area (Å²) in [5.74, 6) is 7.28. The van der Waals surface area contributed by atoms with Gasteiger partial charge < -0.3 is 4.42 Å². The first-order valence-corrected chi connectivity index (χ1v) is 7.56. The zero-order chi connectivity index (χ0) is 14.5. The maximum absolute atomic E-state index is 11.4. The maximum Gasteiger partial charge on any atom is 0.301 e. The van der Waals surface area contributed by atoms with Gasteiger partial charge in [0.25, 0.3) is 0 Å². The molecule has 1 amide bonds. The Bertz CT molecular complexity index is 596. The second-order valence-electron chi connectivity index (χ2n) is 4.32. The average Bonchev–Trinajstić information content (AvgIpc) is 2.81.